The summed E-state index contributed by atoms with van der Waals surface area (Å²) in [7, 11) is -1.24. The van der Waals surface area contributed by atoms with Crippen molar-refractivity contribution in [2.24, 2.45) is 0 Å². The Morgan fingerprint density at radius 3 is 1.76 bits per heavy atom. The lowest BCUT2D eigenvalue weighted by atomic mass is 9.77. The van der Waals surface area contributed by atoms with E-state index in [-0.39, 0.29) is 22.8 Å². The average Bonchev–Trinajstić information content (AvgIpc) is 4.06. The van der Waals surface area contributed by atoms with E-state index in [4.69, 9.17) is 42.8 Å². The van der Waals surface area contributed by atoms with Crippen molar-refractivity contribution in [1.29, 1.82) is 0 Å². The average molecular weight is 1100 g/mol. The fourth-order valence-electron chi connectivity index (χ4n) is 10.6. The number of imidazole rings is 1. The first kappa shape index (κ1) is 54.6. The summed E-state index contributed by atoms with van der Waals surface area (Å²) in [5.74, 6) is 2.58. The third-order valence-electron chi connectivity index (χ3n) is 17.2. The van der Waals surface area contributed by atoms with Crippen LogP contribution in [0, 0.1) is 0 Å². The van der Waals surface area contributed by atoms with Gasteiger partial charge in [-0.1, -0.05) is 175 Å². The highest BCUT2D eigenvalue weighted by atomic mass is 28.4. The van der Waals surface area contributed by atoms with Crippen LogP contribution >= 0.6 is 0 Å². The Kier molecular flexibility index (Phi) is 14.5. The standard InChI is InChI=1S/C66H74N6O6Si2/c1-64(2,3)79(9,10)76-42-55-54(78-80(11,12)65(4,5)6)40-56(77-55)72-60-59(68-63(72)67-53-39-29-46-27-26-44-22-19-23-45-28-38-52(53)58(46)57(44)45)61(75-41-43-20-15-13-16-21-43)70-62(69-60)71-66(47-24-17-14-18-25-47,48-30-34-50(73-7)35-31-48)49-32-36-51(74-8)37-33-49/h13-39,54-56H,40-42H2,1-12H3,(H,67,68)(H,69,70,71)/t54-,55+,56+/m0/s1. The molecule has 8 aromatic carbocycles. The maximum absolute atomic E-state index is 7.45. The number of hydrogen-bond donors (Lipinski definition) is 2. The third-order valence-corrected chi connectivity index (χ3v) is 26.2. The molecule has 2 aromatic heterocycles. The summed E-state index contributed by atoms with van der Waals surface area (Å²) < 4.78 is 42.4. The van der Waals surface area contributed by atoms with Crippen LogP contribution in [0.1, 0.15) is 76.4 Å². The number of rotatable bonds is 18. The molecule has 1 aliphatic heterocycles. The van der Waals surface area contributed by atoms with E-state index in [1.807, 2.05) is 72.8 Å². The molecule has 412 valence electrons. The quantitative estimate of drug-likeness (QED) is 0.0485. The maximum atomic E-state index is 7.45. The normalized spacial score (nSPS) is 16.5. The minimum Gasteiger partial charge on any atom is -0.497 e. The maximum Gasteiger partial charge on any atom is 0.247 e. The number of ether oxygens (including phenoxy) is 4. The van der Waals surface area contributed by atoms with Crippen molar-refractivity contribution in [3.63, 3.8) is 0 Å². The van der Waals surface area contributed by atoms with Gasteiger partial charge >= 0.3 is 0 Å². The largest absolute Gasteiger partial charge is 0.497 e. The van der Waals surface area contributed by atoms with E-state index in [1.165, 1.54) is 21.5 Å². The number of hydrogen-bond acceptors (Lipinski definition) is 11. The summed E-state index contributed by atoms with van der Waals surface area (Å²) in [4.78, 5) is 16.5. The predicted molar refractivity (Wildman–Crippen MR) is 329 cm³/mol. The van der Waals surface area contributed by atoms with Crippen LogP contribution in [-0.2, 0) is 25.7 Å². The van der Waals surface area contributed by atoms with E-state index >= 15 is 0 Å². The van der Waals surface area contributed by atoms with Gasteiger partial charge in [-0.15, -0.1) is 0 Å². The highest BCUT2D eigenvalue weighted by molar-refractivity contribution is 6.74. The fraction of sp³-hybridized carbons (Fsp3) is 0.318. The van der Waals surface area contributed by atoms with Crippen molar-refractivity contribution < 1.29 is 27.8 Å². The Morgan fingerprint density at radius 1 is 0.600 bits per heavy atom. The number of aromatic nitrogens is 4. The van der Waals surface area contributed by atoms with Crippen LogP contribution in [0.15, 0.2) is 164 Å². The van der Waals surface area contributed by atoms with Crippen molar-refractivity contribution in [2.45, 2.75) is 115 Å². The lowest BCUT2D eigenvalue weighted by molar-refractivity contribution is -0.0376. The van der Waals surface area contributed by atoms with Gasteiger partial charge in [-0.2, -0.15) is 9.97 Å². The molecule has 0 aliphatic carbocycles. The van der Waals surface area contributed by atoms with Gasteiger partial charge in [-0.3, -0.25) is 4.57 Å². The molecular weight excluding hydrogens is 1030 g/mol. The van der Waals surface area contributed by atoms with Crippen molar-refractivity contribution in [3.05, 3.63) is 186 Å². The lowest BCUT2D eigenvalue weighted by Gasteiger charge is -2.40. The monoisotopic (exact) mass is 1100 g/mol. The first-order chi connectivity index (χ1) is 38.3. The molecule has 80 heavy (non-hydrogen) atoms. The van der Waals surface area contributed by atoms with Crippen LogP contribution in [0.3, 0.4) is 0 Å². The Labute approximate surface area is 472 Å². The van der Waals surface area contributed by atoms with Crippen molar-refractivity contribution >= 4 is 77.7 Å². The Balaban J connectivity index is 1.15. The van der Waals surface area contributed by atoms with Crippen LogP contribution in [0.5, 0.6) is 17.4 Å². The van der Waals surface area contributed by atoms with Gasteiger partial charge < -0.3 is 38.4 Å². The topological polar surface area (TPSA) is 123 Å². The predicted octanol–water partition coefficient (Wildman–Crippen LogP) is 16.2. The zero-order chi connectivity index (χ0) is 56.2. The molecular formula is C66H74N6O6Si2. The van der Waals surface area contributed by atoms with Crippen LogP contribution in [-0.4, -0.2) is 69.2 Å². The zero-order valence-electron chi connectivity index (χ0n) is 48.2. The van der Waals surface area contributed by atoms with Gasteiger partial charge in [0.1, 0.15) is 36.0 Å². The van der Waals surface area contributed by atoms with E-state index in [0.29, 0.717) is 42.0 Å². The number of fused-ring (bicyclic) bond motifs is 1. The Bertz CT molecular complexity index is 3720. The van der Waals surface area contributed by atoms with Crippen LogP contribution in [0.2, 0.25) is 36.3 Å². The first-order valence-electron chi connectivity index (χ1n) is 27.8. The molecule has 10 aromatic rings. The van der Waals surface area contributed by atoms with Gasteiger partial charge in [0.05, 0.1) is 26.9 Å². The number of anilines is 3. The summed E-state index contributed by atoms with van der Waals surface area (Å²) in [5, 5.41) is 14.8. The fourth-order valence-corrected chi connectivity index (χ4v) is 13.0. The molecule has 14 heteroatoms. The van der Waals surface area contributed by atoms with E-state index in [1.54, 1.807) is 14.2 Å². The zero-order valence-corrected chi connectivity index (χ0v) is 50.2. The van der Waals surface area contributed by atoms with Gasteiger partial charge in [-0.05, 0) is 116 Å². The number of nitrogens with zero attached hydrogens (tertiary/aromatic N) is 4. The minimum absolute atomic E-state index is 0.0117. The Morgan fingerprint density at radius 2 is 1.16 bits per heavy atom. The summed E-state index contributed by atoms with van der Waals surface area (Å²) in [6.45, 7) is 23.5. The molecule has 0 radical (unpaired) electrons. The van der Waals surface area contributed by atoms with Crippen molar-refractivity contribution in [2.75, 3.05) is 31.5 Å². The minimum atomic E-state index is -2.36. The smallest absolute Gasteiger partial charge is 0.247 e. The van der Waals surface area contributed by atoms with Crippen molar-refractivity contribution in [1.82, 2.24) is 19.5 Å². The summed E-state index contributed by atoms with van der Waals surface area (Å²) in [5.41, 5.74) is 4.56. The van der Waals surface area contributed by atoms with Gasteiger partial charge in [-0.25, -0.2) is 4.98 Å². The molecule has 3 atom stereocenters. The van der Waals surface area contributed by atoms with E-state index in [2.05, 4.69) is 174 Å². The van der Waals surface area contributed by atoms with Gasteiger partial charge in [0.15, 0.2) is 27.8 Å². The van der Waals surface area contributed by atoms with Crippen molar-refractivity contribution in [3.8, 4) is 17.4 Å². The molecule has 3 heterocycles. The van der Waals surface area contributed by atoms with E-state index in [0.717, 1.165) is 50.2 Å². The van der Waals surface area contributed by atoms with Gasteiger partial charge in [0.2, 0.25) is 17.8 Å². The SMILES string of the molecule is COc1ccc(C(Nc2nc(OCc3ccccc3)c3nc(Nc4ccc5ccc6cccc7ccc4c5c67)n([C@H]4C[C@H](O[Si](C)(C)C(C)(C)C)[C@@H](CO[Si](C)(C)C(C)(C)C)O4)c3n2)(c2ccccc2)c2ccc(OC)cc2)cc1. The molecule has 0 spiro atoms. The molecule has 0 bridgehead atoms. The number of nitrogens with one attached hydrogen (secondary N) is 2. The molecule has 1 aliphatic rings. The molecule has 0 unspecified atom stereocenters. The number of benzene rings is 8. The first-order valence-corrected chi connectivity index (χ1v) is 33.6. The summed E-state index contributed by atoms with van der Waals surface area (Å²) >= 11 is 0. The second-order valence-corrected chi connectivity index (χ2v) is 33.8. The highest BCUT2D eigenvalue weighted by Crippen LogP contribution is 2.47. The van der Waals surface area contributed by atoms with Crippen LogP contribution < -0.4 is 24.8 Å². The Hall–Kier alpha value is -7.34. The second-order valence-electron chi connectivity index (χ2n) is 24.2. The lowest BCUT2D eigenvalue weighted by Crippen LogP contribution is -2.48. The van der Waals surface area contributed by atoms with Gasteiger partial charge in [0, 0.05) is 17.5 Å². The molecule has 1 saturated heterocycles. The molecule has 0 saturated carbocycles. The third kappa shape index (κ3) is 10.3. The van der Waals surface area contributed by atoms with E-state index in [9.17, 15) is 0 Å². The molecule has 1 fully saturated rings. The second kappa shape index (κ2) is 21.3. The molecule has 11 rings (SSSR count). The molecule has 0 amide bonds. The van der Waals surface area contributed by atoms with E-state index < -0.39 is 34.5 Å². The van der Waals surface area contributed by atoms with Gasteiger partial charge in [0.25, 0.3) is 0 Å². The number of methoxy groups -OCH3 is 2. The summed E-state index contributed by atoms with van der Waals surface area (Å²) in [6, 6.07) is 56.4. The molecule has 12 nitrogen and oxygen atoms in total. The molecule has 2 N–H and O–H groups in total. The summed E-state index contributed by atoms with van der Waals surface area (Å²) in [6.07, 6.45) is -0.798. The van der Waals surface area contributed by atoms with Crippen LogP contribution in [0.4, 0.5) is 17.6 Å². The highest BCUT2D eigenvalue weighted by Gasteiger charge is 2.48. The van der Waals surface area contributed by atoms with Crippen LogP contribution in [0.25, 0.3) is 43.5 Å².